The highest BCUT2D eigenvalue weighted by atomic mass is 16.3. The topological polar surface area (TPSA) is 23.5 Å². The van der Waals surface area contributed by atoms with E-state index in [4.69, 9.17) is 0 Å². The van der Waals surface area contributed by atoms with E-state index in [1.165, 1.54) is 69.0 Å². The van der Waals surface area contributed by atoms with Crippen LogP contribution in [-0.2, 0) is 6.42 Å². The molecule has 108 valence electrons. The van der Waals surface area contributed by atoms with Crippen LogP contribution in [0.2, 0.25) is 0 Å². The number of nitrogens with zero attached hydrogens (tertiary/aromatic N) is 1. The first-order chi connectivity index (χ1) is 9.83. The molecular weight excluding hydrogens is 246 g/mol. The van der Waals surface area contributed by atoms with Gasteiger partial charge < -0.3 is 5.11 Å². The van der Waals surface area contributed by atoms with Crippen LogP contribution in [-0.4, -0.2) is 22.6 Å². The number of likely N-dealkylation sites (tertiary alicyclic amines) is 1. The lowest BCUT2D eigenvalue weighted by Crippen LogP contribution is -2.38. The summed E-state index contributed by atoms with van der Waals surface area (Å²) in [7, 11) is 0. The molecule has 0 spiro atoms. The van der Waals surface area contributed by atoms with Crippen molar-refractivity contribution in [3.8, 4) is 5.75 Å². The summed E-state index contributed by atoms with van der Waals surface area (Å²) < 4.78 is 0. The summed E-state index contributed by atoms with van der Waals surface area (Å²) >= 11 is 0. The molecule has 1 N–H and O–H groups in total. The van der Waals surface area contributed by atoms with E-state index in [0.717, 1.165) is 12.0 Å². The second-order valence-electron chi connectivity index (χ2n) is 6.93. The van der Waals surface area contributed by atoms with Gasteiger partial charge in [0.25, 0.3) is 0 Å². The largest absolute Gasteiger partial charge is 0.508 e. The van der Waals surface area contributed by atoms with Gasteiger partial charge in [0, 0.05) is 12.1 Å². The van der Waals surface area contributed by atoms with Crippen LogP contribution >= 0.6 is 0 Å². The van der Waals surface area contributed by atoms with Crippen molar-refractivity contribution in [2.75, 3.05) is 6.54 Å². The number of hydrogen-bond acceptors (Lipinski definition) is 2. The Morgan fingerprint density at radius 3 is 2.85 bits per heavy atom. The normalized spacial score (nSPS) is 33.7. The molecule has 1 saturated carbocycles. The fourth-order valence-electron chi connectivity index (χ4n) is 4.94. The molecule has 3 atom stereocenters. The van der Waals surface area contributed by atoms with E-state index < -0.39 is 0 Å². The molecule has 2 fully saturated rings. The summed E-state index contributed by atoms with van der Waals surface area (Å²) in [5.74, 6) is 1.39. The molecule has 2 aliphatic carbocycles. The van der Waals surface area contributed by atoms with E-state index in [1.54, 1.807) is 0 Å². The van der Waals surface area contributed by atoms with Crippen molar-refractivity contribution in [2.24, 2.45) is 5.92 Å². The Labute approximate surface area is 121 Å². The molecule has 2 heteroatoms. The van der Waals surface area contributed by atoms with Crippen molar-refractivity contribution in [1.29, 1.82) is 0 Å². The van der Waals surface area contributed by atoms with Gasteiger partial charge in [-0.25, -0.2) is 0 Å². The molecule has 1 aromatic rings. The first-order valence-corrected chi connectivity index (χ1v) is 8.40. The minimum Gasteiger partial charge on any atom is -0.508 e. The van der Waals surface area contributed by atoms with Crippen LogP contribution in [0.25, 0.3) is 0 Å². The van der Waals surface area contributed by atoms with Crippen LogP contribution in [0.4, 0.5) is 0 Å². The summed E-state index contributed by atoms with van der Waals surface area (Å²) in [6.07, 6.45) is 10.9. The fourth-order valence-corrected chi connectivity index (χ4v) is 4.94. The second kappa shape index (κ2) is 5.07. The third kappa shape index (κ3) is 2.05. The Morgan fingerprint density at radius 1 is 1.00 bits per heavy atom. The molecular formula is C18H25NO. The average Bonchev–Trinajstić information content (AvgIpc) is 2.90. The average molecular weight is 271 g/mol. The molecule has 0 amide bonds. The van der Waals surface area contributed by atoms with Crippen LogP contribution in [0.3, 0.4) is 0 Å². The maximum Gasteiger partial charge on any atom is 0.115 e. The number of phenolic OH excluding ortho intramolecular Hbond substituents is 1. The van der Waals surface area contributed by atoms with Gasteiger partial charge in [0.05, 0.1) is 0 Å². The molecule has 0 radical (unpaired) electrons. The first kappa shape index (κ1) is 12.7. The third-order valence-electron chi connectivity index (χ3n) is 5.87. The Kier molecular flexibility index (Phi) is 3.22. The summed E-state index contributed by atoms with van der Waals surface area (Å²) in [6.45, 7) is 1.27. The Balaban J connectivity index is 1.65. The minimum absolute atomic E-state index is 0.440. The van der Waals surface area contributed by atoms with E-state index in [2.05, 4.69) is 11.0 Å². The highest BCUT2D eigenvalue weighted by Crippen LogP contribution is 2.44. The zero-order valence-corrected chi connectivity index (χ0v) is 12.2. The van der Waals surface area contributed by atoms with Gasteiger partial charge in [0.1, 0.15) is 5.75 Å². The molecule has 4 rings (SSSR count). The standard InChI is InChI=1S/C18H25NO/c20-15-9-8-13-5-3-7-18(16(13)12-15)19-11-10-14-4-1-2-6-17(14)19/h8-9,12,14,17-18,20H,1-7,10-11H2. The molecule has 1 aromatic carbocycles. The van der Waals surface area contributed by atoms with Crippen LogP contribution in [0.5, 0.6) is 5.75 Å². The van der Waals surface area contributed by atoms with E-state index in [1.807, 2.05) is 12.1 Å². The molecule has 3 aliphatic rings. The molecule has 1 heterocycles. The van der Waals surface area contributed by atoms with Crippen molar-refractivity contribution in [3.05, 3.63) is 29.3 Å². The summed E-state index contributed by atoms with van der Waals surface area (Å²) in [4.78, 5) is 2.79. The molecule has 0 bridgehead atoms. The van der Waals surface area contributed by atoms with E-state index in [9.17, 15) is 5.11 Å². The Morgan fingerprint density at radius 2 is 1.90 bits per heavy atom. The van der Waals surface area contributed by atoms with Gasteiger partial charge in [-0.1, -0.05) is 18.9 Å². The van der Waals surface area contributed by atoms with Gasteiger partial charge in [-0.15, -0.1) is 0 Å². The number of hydrogen-bond donors (Lipinski definition) is 1. The van der Waals surface area contributed by atoms with Crippen LogP contribution in [0.1, 0.15) is 62.1 Å². The number of aromatic hydroxyl groups is 1. The van der Waals surface area contributed by atoms with Crippen molar-refractivity contribution < 1.29 is 5.11 Å². The summed E-state index contributed by atoms with van der Waals surface area (Å²) in [6, 6.07) is 7.43. The molecule has 0 aromatic heterocycles. The molecule has 2 nitrogen and oxygen atoms in total. The molecule has 3 unspecified atom stereocenters. The van der Waals surface area contributed by atoms with Gasteiger partial charge in [-0.3, -0.25) is 4.90 Å². The van der Waals surface area contributed by atoms with E-state index in [0.29, 0.717) is 11.8 Å². The van der Waals surface area contributed by atoms with E-state index >= 15 is 0 Å². The monoisotopic (exact) mass is 271 g/mol. The zero-order chi connectivity index (χ0) is 13.5. The van der Waals surface area contributed by atoms with Gasteiger partial charge in [-0.05, 0) is 74.2 Å². The lowest BCUT2D eigenvalue weighted by Gasteiger charge is -2.40. The Hall–Kier alpha value is -1.02. The first-order valence-electron chi connectivity index (χ1n) is 8.40. The summed E-state index contributed by atoms with van der Waals surface area (Å²) in [5.41, 5.74) is 2.89. The van der Waals surface area contributed by atoms with Gasteiger partial charge in [0.2, 0.25) is 0 Å². The van der Waals surface area contributed by atoms with Crippen LogP contribution < -0.4 is 0 Å². The Bertz CT molecular complexity index is 498. The highest BCUT2D eigenvalue weighted by Gasteiger charge is 2.40. The zero-order valence-electron chi connectivity index (χ0n) is 12.2. The summed E-state index contributed by atoms with van der Waals surface area (Å²) in [5, 5.41) is 9.86. The molecule has 20 heavy (non-hydrogen) atoms. The van der Waals surface area contributed by atoms with Gasteiger partial charge >= 0.3 is 0 Å². The number of rotatable bonds is 1. The number of benzene rings is 1. The number of fused-ring (bicyclic) bond motifs is 2. The highest BCUT2D eigenvalue weighted by molar-refractivity contribution is 5.38. The second-order valence-corrected chi connectivity index (χ2v) is 6.93. The van der Waals surface area contributed by atoms with Crippen molar-refractivity contribution in [1.82, 2.24) is 4.90 Å². The van der Waals surface area contributed by atoms with E-state index in [-0.39, 0.29) is 0 Å². The predicted molar refractivity (Wildman–Crippen MR) is 80.9 cm³/mol. The lowest BCUT2D eigenvalue weighted by atomic mass is 9.82. The van der Waals surface area contributed by atoms with Gasteiger partial charge in [-0.2, -0.15) is 0 Å². The van der Waals surface area contributed by atoms with Crippen molar-refractivity contribution in [2.45, 2.75) is 63.5 Å². The maximum atomic E-state index is 9.86. The van der Waals surface area contributed by atoms with Gasteiger partial charge in [0.15, 0.2) is 0 Å². The smallest absolute Gasteiger partial charge is 0.115 e. The molecule has 1 aliphatic heterocycles. The fraction of sp³-hybridized carbons (Fsp3) is 0.667. The molecule has 1 saturated heterocycles. The number of phenols is 1. The SMILES string of the molecule is Oc1ccc2c(c1)C(N1CCC3CCCCC31)CCC2. The number of aryl methyl sites for hydroxylation is 1. The maximum absolute atomic E-state index is 9.86. The lowest BCUT2D eigenvalue weighted by molar-refractivity contribution is 0.120. The minimum atomic E-state index is 0.440. The quantitative estimate of drug-likeness (QED) is 0.833. The van der Waals surface area contributed by atoms with Crippen molar-refractivity contribution >= 4 is 0 Å². The van der Waals surface area contributed by atoms with Crippen molar-refractivity contribution in [3.63, 3.8) is 0 Å². The van der Waals surface area contributed by atoms with Crippen LogP contribution in [0.15, 0.2) is 18.2 Å². The van der Waals surface area contributed by atoms with Crippen LogP contribution in [0, 0.1) is 5.92 Å². The predicted octanol–water partition coefficient (Wildman–Crippen LogP) is 4.03. The third-order valence-corrected chi connectivity index (χ3v) is 5.87.